The maximum absolute atomic E-state index is 13.2. The first-order valence-electron chi connectivity index (χ1n) is 7.45. The summed E-state index contributed by atoms with van der Waals surface area (Å²) >= 11 is 0. The SMILES string of the molecule is CCCCN(C)Cc1cccn1-c1ccccc1C(F)(F)F. The highest BCUT2D eigenvalue weighted by molar-refractivity contribution is 5.44. The van der Waals surface area contributed by atoms with E-state index in [1.807, 2.05) is 13.1 Å². The lowest BCUT2D eigenvalue weighted by molar-refractivity contribution is -0.137. The number of para-hydroxylation sites is 1. The Morgan fingerprint density at radius 1 is 1.09 bits per heavy atom. The van der Waals surface area contributed by atoms with Gasteiger partial charge in [-0.15, -0.1) is 0 Å². The fourth-order valence-corrected chi connectivity index (χ4v) is 2.49. The molecule has 0 aliphatic heterocycles. The van der Waals surface area contributed by atoms with E-state index in [0.29, 0.717) is 6.54 Å². The minimum Gasteiger partial charge on any atom is -0.319 e. The summed E-state index contributed by atoms with van der Waals surface area (Å²) < 4.78 is 41.2. The second-order valence-corrected chi connectivity index (χ2v) is 5.48. The molecule has 0 atom stereocenters. The Morgan fingerprint density at radius 3 is 2.50 bits per heavy atom. The summed E-state index contributed by atoms with van der Waals surface area (Å²) in [6, 6.07) is 9.35. The Bertz CT molecular complexity index is 602. The highest BCUT2D eigenvalue weighted by Gasteiger charge is 2.33. The van der Waals surface area contributed by atoms with Gasteiger partial charge in [0.05, 0.1) is 11.3 Å². The average molecular weight is 310 g/mol. The minimum atomic E-state index is -4.35. The molecule has 120 valence electrons. The zero-order valence-corrected chi connectivity index (χ0v) is 12.9. The van der Waals surface area contributed by atoms with E-state index in [0.717, 1.165) is 31.1 Å². The third-order valence-corrected chi connectivity index (χ3v) is 3.63. The van der Waals surface area contributed by atoms with Crippen molar-refractivity contribution in [3.05, 3.63) is 53.9 Å². The second kappa shape index (κ2) is 7.01. The molecule has 1 heterocycles. The summed E-state index contributed by atoms with van der Waals surface area (Å²) in [5, 5.41) is 0. The van der Waals surface area contributed by atoms with Crippen LogP contribution in [-0.2, 0) is 12.7 Å². The van der Waals surface area contributed by atoms with Crippen molar-refractivity contribution in [2.45, 2.75) is 32.5 Å². The number of hydrogen-bond donors (Lipinski definition) is 0. The van der Waals surface area contributed by atoms with E-state index in [1.165, 1.54) is 12.1 Å². The van der Waals surface area contributed by atoms with Gasteiger partial charge in [-0.25, -0.2) is 0 Å². The summed E-state index contributed by atoms with van der Waals surface area (Å²) in [6.45, 7) is 3.68. The number of nitrogens with zero attached hydrogens (tertiary/aromatic N) is 2. The van der Waals surface area contributed by atoms with Crippen LogP contribution in [0.4, 0.5) is 13.2 Å². The van der Waals surface area contributed by atoms with Crippen molar-refractivity contribution >= 4 is 0 Å². The smallest absolute Gasteiger partial charge is 0.319 e. The van der Waals surface area contributed by atoms with Crippen LogP contribution in [0.2, 0.25) is 0 Å². The quantitative estimate of drug-likeness (QED) is 0.749. The Kier molecular flexibility index (Phi) is 5.29. The molecule has 22 heavy (non-hydrogen) atoms. The number of rotatable bonds is 6. The molecular weight excluding hydrogens is 289 g/mol. The molecule has 2 nitrogen and oxygen atoms in total. The molecule has 0 N–H and O–H groups in total. The Balaban J connectivity index is 2.30. The van der Waals surface area contributed by atoms with Gasteiger partial charge in [0.2, 0.25) is 0 Å². The third-order valence-electron chi connectivity index (χ3n) is 3.63. The summed E-state index contributed by atoms with van der Waals surface area (Å²) in [7, 11) is 1.99. The topological polar surface area (TPSA) is 8.17 Å². The second-order valence-electron chi connectivity index (χ2n) is 5.48. The number of aromatic nitrogens is 1. The molecule has 0 fully saturated rings. The number of halogens is 3. The largest absolute Gasteiger partial charge is 0.418 e. The summed E-state index contributed by atoms with van der Waals surface area (Å²) in [5.74, 6) is 0. The van der Waals surface area contributed by atoms with Crippen LogP contribution in [0.25, 0.3) is 5.69 Å². The fourth-order valence-electron chi connectivity index (χ4n) is 2.49. The first-order chi connectivity index (χ1) is 10.4. The average Bonchev–Trinajstić information content (AvgIpc) is 2.92. The van der Waals surface area contributed by atoms with Crippen LogP contribution in [0.1, 0.15) is 31.0 Å². The normalized spacial score (nSPS) is 12.1. The van der Waals surface area contributed by atoms with Crippen molar-refractivity contribution in [1.82, 2.24) is 9.47 Å². The molecule has 0 saturated heterocycles. The number of benzene rings is 1. The van der Waals surface area contributed by atoms with Crippen molar-refractivity contribution in [1.29, 1.82) is 0 Å². The number of alkyl halides is 3. The maximum atomic E-state index is 13.2. The van der Waals surface area contributed by atoms with Gasteiger partial charge < -0.3 is 9.47 Å². The zero-order valence-electron chi connectivity index (χ0n) is 12.9. The predicted molar refractivity (Wildman–Crippen MR) is 82.0 cm³/mol. The Hall–Kier alpha value is -1.75. The monoisotopic (exact) mass is 310 g/mol. The van der Waals surface area contributed by atoms with Crippen LogP contribution < -0.4 is 0 Å². The van der Waals surface area contributed by atoms with Gasteiger partial charge in [0.15, 0.2) is 0 Å². The molecule has 0 amide bonds. The molecule has 1 aromatic heterocycles. The molecule has 0 radical (unpaired) electrons. The Morgan fingerprint density at radius 2 is 1.82 bits per heavy atom. The van der Waals surface area contributed by atoms with Crippen LogP contribution in [0.5, 0.6) is 0 Å². The molecule has 1 aromatic carbocycles. The van der Waals surface area contributed by atoms with Crippen molar-refractivity contribution in [3.8, 4) is 5.69 Å². The van der Waals surface area contributed by atoms with Gasteiger partial charge in [-0.2, -0.15) is 13.2 Å². The molecule has 2 rings (SSSR count). The lowest BCUT2D eigenvalue weighted by atomic mass is 10.1. The summed E-state index contributed by atoms with van der Waals surface area (Å²) in [6.07, 6.45) is -0.488. The first kappa shape index (κ1) is 16.6. The molecule has 0 saturated carbocycles. The number of hydrogen-bond acceptors (Lipinski definition) is 1. The van der Waals surface area contributed by atoms with Crippen molar-refractivity contribution in [3.63, 3.8) is 0 Å². The van der Waals surface area contributed by atoms with Crippen LogP contribution in [-0.4, -0.2) is 23.1 Å². The molecule has 2 aromatic rings. The van der Waals surface area contributed by atoms with Gasteiger partial charge in [-0.05, 0) is 44.3 Å². The van der Waals surface area contributed by atoms with Gasteiger partial charge in [0, 0.05) is 18.4 Å². The van der Waals surface area contributed by atoms with Crippen LogP contribution >= 0.6 is 0 Å². The van der Waals surface area contributed by atoms with E-state index >= 15 is 0 Å². The summed E-state index contributed by atoms with van der Waals surface area (Å²) in [4.78, 5) is 2.13. The van der Waals surface area contributed by atoms with E-state index in [2.05, 4.69) is 11.8 Å². The van der Waals surface area contributed by atoms with Gasteiger partial charge >= 0.3 is 6.18 Å². The number of unbranched alkanes of at least 4 members (excludes halogenated alkanes) is 1. The van der Waals surface area contributed by atoms with Crippen LogP contribution in [0.15, 0.2) is 42.6 Å². The molecule has 5 heteroatoms. The van der Waals surface area contributed by atoms with E-state index in [9.17, 15) is 13.2 Å². The molecular formula is C17H21F3N2. The van der Waals surface area contributed by atoms with Crippen LogP contribution in [0, 0.1) is 0 Å². The molecule has 0 aliphatic carbocycles. The molecule has 0 spiro atoms. The predicted octanol–water partition coefficient (Wildman–Crippen LogP) is 4.73. The first-order valence-corrected chi connectivity index (χ1v) is 7.45. The summed E-state index contributed by atoms with van der Waals surface area (Å²) in [5.41, 5.74) is 0.429. The van der Waals surface area contributed by atoms with E-state index in [-0.39, 0.29) is 5.69 Å². The third kappa shape index (κ3) is 3.91. The highest BCUT2D eigenvalue weighted by atomic mass is 19.4. The van der Waals surface area contributed by atoms with Gasteiger partial charge in [0.1, 0.15) is 0 Å². The van der Waals surface area contributed by atoms with Gasteiger partial charge in [-0.3, -0.25) is 0 Å². The van der Waals surface area contributed by atoms with E-state index < -0.39 is 11.7 Å². The lowest BCUT2D eigenvalue weighted by Gasteiger charge is -2.20. The Labute approximate surface area is 129 Å². The lowest BCUT2D eigenvalue weighted by Crippen LogP contribution is -2.21. The van der Waals surface area contributed by atoms with Gasteiger partial charge in [0.25, 0.3) is 0 Å². The van der Waals surface area contributed by atoms with E-state index in [4.69, 9.17) is 0 Å². The van der Waals surface area contributed by atoms with Crippen molar-refractivity contribution < 1.29 is 13.2 Å². The molecule has 0 unspecified atom stereocenters. The minimum absolute atomic E-state index is 0.180. The van der Waals surface area contributed by atoms with Gasteiger partial charge in [-0.1, -0.05) is 25.5 Å². The maximum Gasteiger partial charge on any atom is 0.418 e. The van der Waals surface area contributed by atoms with Crippen molar-refractivity contribution in [2.24, 2.45) is 0 Å². The fraction of sp³-hybridized carbons (Fsp3) is 0.412. The van der Waals surface area contributed by atoms with Crippen LogP contribution in [0.3, 0.4) is 0 Å². The highest BCUT2D eigenvalue weighted by Crippen LogP contribution is 2.34. The van der Waals surface area contributed by atoms with E-state index in [1.54, 1.807) is 22.9 Å². The molecule has 0 bridgehead atoms. The molecule has 0 aliphatic rings. The zero-order chi connectivity index (χ0) is 16.2. The standard InChI is InChI=1S/C17H21F3N2/c1-3-4-11-21(2)13-14-8-7-12-22(14)16-10-6-5-9-15(16)17(18,19)20/h5-10,12H,3-4,11,13H2,1-2H3. The van der Waals surface area contributed by atoms with Crippen molar-refractivity contribution in [2.75, 3.05) is 13.6 Å².